The molecule has 0 amide bonds. The van der Waals surface area contributed by atoms with Crippen molar-refractivity contribution in [2.24, 2.45) is 10.7 Å². The van der Waals surface area contributed by atoms with Gasteiger partial charge in [0.2, 0.25) is 0 Å². The molecular weight excluding hydrogens is 467 g/mol. The zero-order valence-corrected chi connectivity index (χ0v) is 17.5. The van der Waals surface area contributed by atoms with Crippen LogP contribution in [-0.4, -0.2) is 25.1 Å². The summed E-state index contributed by atoms with van der Waals surface area (Å²) >= 11 is 0. The van der Waals surface area contributed by atoms with Gasteiger partial charge in [-0.1, -0.05) is 12.1 Å². The van der Waals surface area contributed by atoms with Gasteiger partial charge in [-0.3, -0.25) is 0 Å². The number of guanidine groups is 1. The van der Waals surface area contributed by atoms with E-state index in [4.69, 9.17) is 15.2 Å². The standard InChI is InChI=1S/C19H23F2N3O2.HI/c1-13(2)26-16-8-6-15(7-9-16)24-19(22)23-11-14-4-3-5-17(10-14)25-12-18(20)21;/h3-10,13,18H,11-12H2,1-2H3,(H3,22,23,24);1H. The van der Waals surface area contributed by atoms with Crippen LogP contribution in [0, 0.1) is 0 Å². The van der Waals surface area contributed by atoms with E-state index in [2.05, 4.69) is 10.3 Å². The molecule has 8 heteroatoms. The Morgan fingerprint density at radius 2 is 1.81 bits per heavy atom. The Balaban J connectivity index is 0.00000364. The Hall–Kier alpha value is -2.10. The highest BCUT2D eigenvalue weighted by Gasteiger charge is 2.04. The van der Waals surface area contributed by atoms with Gasteiger partial charge in [-0.2, -0.15) is 0 Å². The number of nitrogens with one attached hydrogen (secondary N) is 1. The Kier molecular flexibility index (Phi) is 9.84. The molecule has 0 fully saturated rings. The summed E-state index contributed by atoms with van der Waals surface area (Å²) < 4.78 is 34.9. The van der Waals surface area contributed by atoms with Crippen molar-refractivity contribution < 1.29 is 18.3 Å². The lowest BCUT2D eigenvalue weighted by Crippen LogP contribution is -2.22. The number of hydrogen-bond donors (Lipinski definition) is 2. The molecule has 3 N–H and O–H groups in total. The first-order valence-electron chi connectivity index (χ1n) is 8.26. The van der Waals surface area contributed by atoms with Gasteiger partial charge in [-0.25, -0.2) is 13.8 Å². The van der Waals surface area contributed by atoms with Crippen molar-refractivity contribution in [3.05, 3.63) is 54.1 Å². The van der Waals surface area contributed by atoms with Crippen LogP contribution >= 0.6 is 24.0 Å². The van der Waals surface area contributed by atoms with Crippen molar-refractivity contribution in [2.75, 3.05) is 11.9 Å². The molecule has 0 saturated carbocycles. The van der Waals surface area contributed by atoms with Gasteiger partial charge in [0.05, 0.1) is 12.6 Å². The smallest absolute Gasteiger partial charge is 0.272 e. The highest BCUT2D eigenvalue weighted by molar-refractivity contribution is 14.0. The van der Waals surface area contributed by atoms with E-state index in [1.54, 1.807) is 18.2 Å². The highest BCUT2D eigenvalue weighted by Crippen LogP contribution is 2.17. The third kappa shape index (κ3) is 8.89. The van der Waals surface area contributed by atoms with E-state index in [-0.39, 0.29) is 36.0 Å². The van der Waals surface area contributed by atoms with E-state index in [0.717, 1.165) is 17.0 Å². The summed E-state index contributed by atoms with van der Waals surface area (Å²) in [6.45, 7) is 3.60. The maximum Gasteiger partial charge on any atom is 0.272 e. The summed E-state index contributed by atoms with van der Waals surface area (Å²) in [5.41, 5.74) is 7.48. The normalized spacial score (nSPS) is 11.3. The summed E-state index contributed by atoms with van der Waals surface area (Å²) in [5, 5.41) is 2.99. The fourth-order valence-corrected chi connectivity index (χ4v) is 2.15. The van der Waals surface area contributed by atoms with Gasteiger partial charge in [0.15, 0.2) is 5.96 Å². The third-order valence-corrected chi connectivity index (χ3v) is 3.20. The molecule has 0 aliphatic rings. The Morgan fingerprint density at radius 1 is 1.11 bits per heavy atom. The molecule has 0 heterocycles. The van der Waals surface area contributed by atoms with Crippen LogP contribution in [0.4, 0.5) is 14.5 Å². The fourth-order valence-electron chi connectivity index (χ4n) is 2.15. The summed E-state index contributed by atoms with van der Waals surface area (Å²) in [7, 11) is 0. The largest absolute Gasteiger partial charge is 0.491 e. The second-order valence-electron chi connectivity index (χ2n) is 5.87. The fraction of sp³-hybridized carbons (Fsp3) is 0.316. The van der Waals surface area contributed by atoms with Gasteiger partial charge in [-0.15, -0.1) is 24.0 Å². The lowest BCUT2D eigenvalue weighted by atomic mass is 10.2. The lowest BCUT2D eigenvalue weighted by molar-refractivity contribution is 0.0818. The number of anilines is 1. The monoisotopic (exact) mass is 491 g/mol. The van der Waals surface area contributed by atoms with Gasteiger partial charge in [0.25, 0.3) is 6.43 Å². The molecule has 2 aromatic rings. The van der Waals surface area contributed by atoms with Crippen molar-refractivity contribution in [3.63, 3.8) is 0 Å². The Bertz CT molecular complexity index is 725. The van der Waals surface area contributed by atoms with Crippen molar-refractivity contribution in [3.8, 4) is 11.5 Å². The number of ether oxygens (including phenoxy) is 2. The first-order valence-corrected chi connectivity index (χ1v) is 8.26. The summed E-state index contributed by atoms with van der Waals surface area (Å²) in [6, 6.07) is 14.2. The molecule has 0 aliphatic carbocycles. The van der Waals surface area contributed by atoms with Crippen LogP contribution in [0.5, 0.6) is 11.5 Å². The number of alkyl halides is 2. The Morgan fingerprint density at radius 3 is 2.44 bits per heavy atom. The van der Waals surface area contributed by atoms with Crippen LogP contribution in [0.1, 0.15) is 19.4 Å². The molecule has 0 radical (unpaired) electrons. The maximum atomic E-state index is 12.2. The van der Waals surface area contributed by atoms with Crippen molar-refractivity contribution in [1.29, 1.82) is 0 Å². The summed E-state index contributed by atoms with van der Waals surface area (Å²) in [4.78, 5) is 4.25. The molecule has 0 bridgehead atoms. The number of rotatable bonds is 8. The molecule has 148 valence electrons. The van der Waals surface area contributed by atoms with Crippen molar-refractivity contribution in [1.82, 2.24) is 0 Å². The Labute approximate surface area is 175 Å². The number of hydrogen-bond acceptors (Lipinski definition) is 3. The van der Waals surface area contributed by atoms with E-state index >= 15 is 0 Å². The zero-order valence-electron chi connectivity index (χ0n) is 15.2. The molecule has 2 rings (SSSR count). The lowest BCUT2D eigenvalue weighted by Gasteiger charge is -2.11. The molecular formula is C19H24F2IN3O2. The number of aliphatic imine (C=N–C) groups is 1. The minimum atomic E-state index is -2.51. The molecule has 2 aromatic carbocycles. The first-order chi connectivity index (χ1) is 12.4. The van der Waals surface area contributed by atoms with Gasteiger partial charge < -0.3 is 20.5 Å². The van der Waals surface area contributed by atoms with Gasteiger partial charge in [0, 0.05) is 5.69 Å². The third-order valence-electron chi connectivity index (χ3n) is 3.20. The number of benzene rings is 2. The SMILES string of the molecule is CC(C)Oc1ccc(NC(N)=NCc2cccc(OCC(F)F)c2)cc1.I. The highest BCUT2D eigenvalue weighted by atomic mass is 127. The number of nitrogens with two attached hydrogens (primary N) is 1. The molecule has 27 heavy (non-hydrogen) atoms. The average Bonchev–Trinajstić information content (AvgIpc) is 2.60. The van der Waals surface area contributed by atoms with Crippen molar-refractivity contribution >= 4 is 35.6 Å². The zero-order chi connectivity index (χ0) is 18.9. The van der Waals surface area contributed by atoms with Crippen molar-refractivity contribution in [2.45, 2.75) is 32.9 Å². The van der Waals surface area contributed by atoms with E-state index in [0.29, 0.717) is 12.3 Å². The van der Waals surface area contributed by atoms with Crippen LogP contribution in [0.25, 0.3) is 0 Å². The maximum absolute atomic E-state index is 12.2. The van der Waals surface area contributed by atoms with Crippen LogP contribution in [0.3, 0.4) is 0 Å². The minimum Gasteiger partial charge on any atom is -0.491 e. The minimum absolute atomic E-state index is 0. The molecule has 0 aromatic heterocycles. The van der Waals surface area contributed by atoms with Crippen LogP contribution in [0.15, 0.2) is 53.5 Å². The topological polar surface area (TPSA) is 68.9 Å². The molecule has 0 atom stereocenters. The molecule has 0 saturated heterocycles. The second kappa shape index (κ2) is 11.6. The van der Waals surface area contributed by atoms with E-state index in [9.17, 15) is 8.78 Å². The van der Waals surface area contributed by atoms with Crippen LogP contribution in [-0.2, 0) is 6.54 Å². The average molecular weight is 491 g/mol. The molecule has 0 spiro atoms. The predicted octanol–water partition coefficient (Wildman–Crippen LogP) is 4.66. The summed E-state index contributed by atoms with van der Waals surface area (Å²) in [6.07, 6.45) is -2.39. The summed E-state index contributed by atoms with van der Waals surface area (Å²) in [5.74, 6) is 1.41. The number of nitrogens with zero attached hydrogens (tertiary/aromatic N) is 1. The van der Waals surface area contributed by atoms with Gasteiger partial charge in [-0.05, 0) is 55.8 Å². The second-order valence-corrected chi connectivity index (χ2v) is 5.87. The number of halogens is 3. The van der Waals surface area contributed by atoms with Crippen LogP contribution in [0.2, 0.25) is 0 Å². The van der Waals surface area contributed by atoms with Gasteiger partial charge in [0.1, 0.15) is 18.1 Å². The molecule has 0 aliphatic heterocycles. The quantitative estimate of drug-likeness (QED) is 0.320. The van der Waals surface area contributed by atoms with E-state index < -0.39 is 13.0 Å². The van der Waals surface area contributed by atoms with Crippen LogP contribution < -0.4 is 20.5 Å². The first kappa shape index (κ1) is 22.9. The molecule has 0 unspecified atom stereocenters. The van der Waals surface area contributed by atoms with E-state index in [1.165, 1.54) is 0 Å². The van der Waals surface area contributed by atoms with E-state index in [1.807, 2.05) is 44.2 Å². The predicted molar refractivity (Wildman–Crippen MR) is 115 cm³/mol. The van der Waals surface area contributed by atoms with Gasteiger partial charge >= 0.3 is 0 Å². The molecule has 5 nitrogen and oxygen atoms in total.